The first-order valence-electron chi connectivity index (χ1n) is 41.7. The third-order valence-corrected chi connectivity index (χ3v) is 22.6. The Morgan fingerprint density at radius 3 is 1.02 bits per heavy atom. The van der Waals surface area contributed by atoms with Gasteiger partial charge in [-0.3, -0.25) is 65.1 Å². The van der Waals surface area contributed by atoms with Crippen molar-refractivity contribution in [3.8, 4) is 135 Å². The summed E-state index contributed by atoms with van der Waals surface area (Å²) in [7, 11) is 0. The number of benzene rings is 8. The molecule has 24 aromatic rings. The van der Waals surface area contributed by atoms with E-state index in [9.17, 15) is 4.79 Å². The molecule has 0 aliphatic heterocycles. The zero-order valence-corrected chi connectivity index (χ0v) is 69.5. The second kappa shape index (κ2) is 34.0. The molecule has 0 unspecified atom stereocenters. The highest BCUT2D eigenvalue weighted by molar-refractivity contribution is 6.04. The van der Waals surface area contributed by atoms with Crippen molar-refractivity contribution >= 4 is 105 Å². The number of aromatic nitrogens is 24. The van der Waals surface area contributed by atoms with Gasteiger partial charge >= 0.3 is 0 Å². The van der Waals surface area contributed by atoms with Gasteiger partial charge in [0, 0.05) is 165 Å². The number of nitrogens with two attached hydrogens (primary N) is 1. The van der Waals surface area contributed by atoms with Gasteiger partial charge in [-0.2, -0.15) is 20.4 Å². The van der Waals surface area contributed by atoms with Crippen molar-refractivity contribution in [2.24, 2.45) is 5.92 Å². The average molecular weight is 1680 g/mol. The number of nitrogens with one attached hydrogen (secondary N) is 9. The Morgan fingerprint density at radius 2 is 0.651 bits per heavy atom. The van der Waals surface area contributed by atoms with Gasteiger partial charge in [-0.15, -0.1) is 0 Å². The minimum absolute atomic E-state index is 0.0162. The standard InChI is InChI=1S/C29H25N7O.C25H18N6.C24H17N7.C24H16N6/c1-17(2)12-26(37)32-21-13-20(15-31-16-21)19-6-7-24-23(14-19)28(36-35-24)29-33-25-5-3-4-22(27(25)34-29)18-8-10-30-11-9-18;1-15-7-10-27-14-20(15)17-5-6-21-19(13-17)24(31-30-21)25-28-22-4-2-3-18(23(22)29-25)16-8-11-26-12-9-16;25-17-10-16(12-27-13-17)15-4-5-20-19(11-15)23(31-30-20)24-28-21-3-1-2-18(22(21)29-24)14-6-8-26-9-7-14;1-4-18(15-8-11-25-12-9-15)22-21(5-1)27-24(28-22)23-19-13-16(6-7-20(19)29-30-23)17-3-2-10-26-14-17/h3-11,13-17H,12H2,1-2H3,(H,32,37)(H,33,34)(H,35,36);2-14H,1H3,(H,28,29)(H,30,31);1-13H,25H2,(H,28,29)(H,30,31);1-14H,(H,27,28)(H,29,30). The van der Waals surface area contributed by atoms with E-state index >= 15 is 0 Å². The molecule has 1 amide bonds. The number of imidazole rings is 4. The molecule has 11 N–H and O–H groups in total. The largest absolute Gasteiger partial charge is 0.397 e. The van der Waals surface area contributed by atoms with Crippen LogP contribution >= 0.6 is 0 Å². The molecule has 16 aromatic heterocycles. The Labute approximate surface area is 734 Å². The second-order valence-electron chi connectivity index (χ2n) is 31.5. The summed E-state index contributed by atoms with van der Waals surface area (Å²) in [5.74, 6) is 3.15. The summed E-state index contributed by atoms with van der Waals surface area (Å²) >= 11 is 0. The van der Waals surface area contributed by atoms with E-state index in [1.54, 1.807) is 80.6 Å². The average Bonchev–Trinajstić information content (AvgIpc) is 1.63. The predicted octanol–water partition coefficient (Wildman–Crippen LogP) is 21.8. The van der Waals surface area contributed by atoms with Gasteiger partial charge in [-0.1, -0.05) is 92.7 Å². The van der Waals surface area contributed by atoms with Crippen LogP contribution in [0.25, 0.3) is 223 Å². The number of nitrogens with zero attached hydrogens (tertiary/aromatic N) is 16. The number of aromatic amines is 8. The number of para-hydroxylation sites is 4. The van der Waals surface area contributed by atoms with E-state index in [2.05, 4.69) is 186 Å². The Bertz CT molecular complexity index is 8240. The number of rotatable bonds is 15. The third kappa shape index (κ3) is 15.8. The van der Waals surface area contributed by atoms with Crippen LogP contribution in [0.2, 0.25) is 0 Å². The van der Waals surface area contributed by atoms with Gasteiger partial charge in [-0.25, -0.2) is 19.9 Å². The van der Waals surface area contributed by atoms with Crippen LogP contribution in [0.1, 0.15) is 25.8 Å². The first-order valence-corrected chi connectivity index (χ1v) is 41.7. The van der Waals surface area contributed by atoms with Gasteiger partial charge < -0.3 is 31.0 Å². The molecule has 620 valence electrons. The molecule has 27 nitrogen and oxygen atoms in total. The number of nitrogen functional groups attached to an aromatic ring is 1. The third-order valence-electron chi connectivity index (χ3n) is 22.6. The molecule has 0 saturated carbocycles. The van der Waals surface area contributed by atoms with Gasteiger partial charge in [0.15, 0.2) is 23.3 Å². The van der Waals surface area contributed by atoms with Crippen molar-refractivity contribution in [3.05, 3.63) is 329 Å². The van der Waals surface area contributed by atoms with Gasteiger partial charge in [-0.05, 0) is 209 Å². The summed E-state index contributed by atoms with van der Waals surface area (Å²) in [4.78, 5) is 79.2. The van der Waals surface area contributed by atoms with Crippen LogP contribution in [-0.2, 0) is 4.79 Å². The quantitative estimate of drug-likeness (QED) is 0.0456. The van der Waals surface area contributed by atoms with Crippen LogP contribution in [0.3, 0.4) is 0 Å². The van der Waals surface area contributed by atoms with Crippen molar-refractivity contribution < 1.29 is 4.79 Å². The van der Waals surface area contributed by atoms with E-state index < -0.39 is 0 Å². The predicted molar refractivity (Wildman–Crippen MR) is 508 cm³/mol. The van der Waals surface area contributed by atoms with E-state index in [4.69, 9.17) is 25.7 Å². The van der Waals surface area contributed by atoms with Crippen LogP contribution in [0, 0.1) is 12.8 Å². The molecule has 0 aliphatic carbocycles. The molecule has 129 heavy (non-hydrogen) atoms. The fourth-order valence-electron chi connectivity index (χ4n) is 16.3. The van der Waals surface area contributed by atoms with Crippen LogP contribution < -0.4 is 11.1 Å². The lowest BCUT2D eigenvalue weighted by atomic mass is 10.0. The number of hydrogen-bond donors (Lipinski definition) is 10. The Balaban J connectivity index is 0.000000105. The highest BCUT2D eigenvalue weighted by Gasteiger charge is 2.23. The summed E-state index contributed by atoms with van der Waals surface area (Å²) in [6.07, 6.45) is 29.0. The van der Waals surface area contributed by atoms with E-state index in [-0.39, 0.29) is 11.8 Å². The zero-order chi connectivity index (χ0) is 86.8. The van der Waals surface area contributed by atoms with Crippen molar-refractivity contribution in [3.63, 3.8) is 0 Å². The van der Waals surface area contributed by atoms with Crippen LogP contribution in [0.5, 0.6) is 0 Å². The normalized spacial score (nSPS) is 11.4. The van der Waals surface area contributed by atoms with Gasteiger partial charge in [0.25, 0.3) is 0 Å². The van der Waals surface area contributed by atoms with Crippen molar-refractivity contribution in [2.45, 2.75) is 27.2 Å². The van der Waals surface area contributed by atoms with Crippen LogP contribution in [-0.4, -0.2) is 126 Å². The number of aryl methyl sites for hydroxylation is 1. The molecule has 0 aliphatic rings. The Morgan fingerprint density at radius 1 is 0.302 bits per heavy atom. The van der Waals surface area contributed by atoms with Crippen molar-refractivity contribution in [1.82, 2.24) is 121 Å². The van der Waals surface area contributed by atoms with Crippen molar-refractivity contribution in [1.29, 1.82) is 0 Å². The van der Waals surface area contributed by atoms with E-state index in [0.29, 0.717) is 29.4 Å². The lowest BCUT2D eigenvalue weighted by Gasteiger charge is -2.09. The summed E-state index contributed by atoms with van der Waals surface area (Å²) in [6, 6.07) is 75.0. The number of hydrogen-bond acceptors (Lipinski definition) is 18. The monoisotopic (exact) mass is 1680 g/mol. The Kier molecular flexibility index (Phi) is 20.6. The number of carbonyl (C=O) groups excluding carboxylic acids is 1. The molecule has 0 bridgehead atoms. The number of pyridine rings is 8. The minimum atomic E-state index is -0.0162. The fourth-order valence-corrected chi connectivity index (χ4v) is 16.3. The molecule has 8 aromatic carbocycles. The van der Waals surface area contributed by atoms with Crippen LogP contribution in [0.4, 0.5) is 11.4 Å². The maximum atomic E-state index is 12.2. The molecule has 16 heterocycles. The first-order chi connectivity index (χ1) is 63.4. The number of H-pyrrole nitrogens is 8. The maximum Gasteiger partial charge on any atom is 0.224 e. The van der Waals surface area contributed by atoms with Crippen LogP contribution in [0.15, 0.2) is 324 Å². The molecule has 0 atom stereocenters. The highest BCUT2D eigenvalue weighted by atomic mass is 16.1. The first kappa shape index (κ1) is 78.3. The van der Waals surface area contributed by atoms with E-state index in [1.165, 1.54) is 5.56 Å². The van der Waals surface area contributed by atoms with Gasteiger partial charge in [0.1, 0.15) is 22.8 Å². The lowest BCUT2D eigenvalue weighted by Crippen LogP contribution is -2.13. The zero-order valence-electron chi connectivity index (χ0n) is 69.5. The molecule has 0 saturated heterocycles. The summed E-state index contributed by atoms with van der Waals surface area (Å²) in [5, 5.41) is 37.6. The molecular weight excluding hydrogens is 1610 g/mol. The molecule has 0 fully saturated rings. The Hall–Kier alpha value is -18.0. The summed E-state index contributed by atoms with van der Waals surface area (Å²) in [6.45, 7) is 6.14. The second-order valence-corrected chi connectivity index (χ2v) is 31.5. The minimum Gasteiger partial charge on any atom is -0.397 e. The SMILES string of the molecule is CC(C)CC(=O)Nc1cncc(-c2ccc3[nH]nc(-c4nc5c(-c6ccncc6)cccc5[nH]4)c3c2)c1.Cc1ccncc1-c1ccc2[nH]nc(-c3nc4c(-c5ccncc5)cccc4[nH]3)c2c1.Nc1cncc(-c2ccc3[nH]nc(-c4nc5c(-c6ccncc6)cccc5[nH]4)c3c2)c1.c1cncc(-c2ccc3[nH]nc(-c4nc5c(-c6ccncc6)cccc5[nH]4)c3c2)c1. The molecule has 0 radical (unpaired) electrons. The van der Waals surface area contributed by atoms with Gasteiger partial charge in [0.05, 0.1) is 83.8 Å². The number of carbonyl (C=O) groups is 1. The molecule has 24 rings (SSSR count). The number of fused-ring (bicyclic) bond motifs is 8. The summed E-state index contributed by atoms with van der Waals surface area (Å²) < 4.78 is 0. The van der Waals surface area contributed by atoms with E-state index in [1.807, 2.05) is 184 Å². The smallest absolute Gasteiger partial charge is 0.224 e. The van der Waals surface area contributed by atoms with Crippen molar-refractivity contribution in [2.75, 3.05) is 11.1 Å². The van der Waals surface area contributed by atoms with Gasteiger partial charge in [0.2, 0.25) is 5.91 Å². The highest BCUT2D eigenvalue weighted by Crippen LogP contribution is 2.40. The topological polar surface area (TPSA) is 388 Å². The van der Waals surface area contributed by atoms with E-state index in [0.717, 1.165) is 211 Å². The maximum absolute atomic E-state index is 12.2. The molecule has 0 spiro atoms. The lowest BCUT2D eigenvalue weighted by molar-refractivity contribution is -0.116. The fraction of sp³-hybridized carbons (Fsp3) is 0.0490. The number of amides is 1. The molecular formula is C102H76N26O. The molecule has 27 heteroatoms. The summed E-state index contributed by atoms with van der Waals surface area (Å²) in [5.41, 5.74) is 39.5. The number of anilines is 2.